The summed E-state index contributed by atoms with van der Waals surface area (Å²) >= 11 is 1.69. The van der Waals surface area contributed by atoms with Crippen LogP contribution in [0.15, 0.2) is 23.1 Å². The third kappa shape index (κ3) is 9.06. The first-order valence-electron chi connectivity index (χ1n) is 12.4. The summed E-state index contributed by atoms with van der Waals surface area (Å²) in [5, 5.41) is 3.41. The maximum absolute atomic E-state index is 6.84. The second kappa shape index (κ2) is 11.8. The summed E-state index contributed by atoms with van der Waals surface area (Å²) in [6, 6.07) is 0. The van der Waals surface area contributed by atoms with Crippen LogP contribution in [-0.2, 0) is 13.9 Å². The van der Waals surface area contributed by atoms with Crippen LogP contribution in [-0.4, -0.2) is 37.9 Å². The van der Waals surface area contributed by atoms with Crippen LogP contribution in [0.1, 0.15) is 84.9 Å². The Bertz CT molecular complexity index is 807. The topological polar surface area (TPSA) is 40.6 Å². The first kappa shape index (κ1) is 28.4. The van der Waals surface area contributed by atoms with Gasteiger partial charge in [-0.15, -0.1) is 11.3 Å². The van der Waals surface area contributed by atoms with E-state index in [1.807, 2.05) is 13.8 Å². The number of aromatic nitrogens is 1. The Morgan fingerprint density at radius 3 is 2.58 bits per heavy atom. The first-order chi connectivity index (χ1) is 15.2. The van der Waals surface area contributed by atoms with Gasteiger partial charge in [-0.3, -0.25) is 0 Å². The molecule has 0 radical (unpaired) electrons. The highest BCUT2D eigenvalue weighted by Crippen LogP contribution is 2.38. The molecule has 2 rings (SSSR count). The minimum Gasteiger partial charge on any atom is -0.410 e. The van der Waals surface area contributed by atoms with Gasteiger partial charge in [0.15, 0.2) is 14.1 Å². The second-order valence-electron chi connectivity index (χ2n) is 11.5. The van der Waals surface area contributed by atoms with E-state index in [1.165, 1.54) is 12.0 Å². The van der Waals surface area contributed by atoms with Crippen molar-refractivity contribution in [1.29, 1.82) is 0 Å². The number of rotatable bonds is 11. The van der Waals surface area contributed by atoms with Crippen LogP contribution in [0.2, 0.25) is 18.1 Å². The predicted octanol–water partition coefficient (Wildman–Crippen LogP) is 8.15. The Labute approximate surface area is 208 Å². The van der Waals surface area contributed by atoms with Gasteiger partial charge in [0.05, 0.1) is 29.5 Å². The number of thiazole rings is 1. The van der Waals surface area contributed by atoms with Gasteiger partial charge in [0.2, 0.25) is 0 Å². The lowest BCUT2D eigenvalue weighted by Gasteiger charge is -2.39. The molecule has 4 nitrogen and oxygen atoms in total. The fourth-order valence-electron chi connectivity index (χ4n) is 3.71. The van der Waals surface area contributed by atoms with E-state index in [-0.39, 0.29) is 17.2 Å². The third-order valence-corrected chi connectivity index (χ3v) is 12.3. The molecule has 2 heterocycles. The van der Waals surface area contributed by atoms with Gasteiger partial charge in [0, 0.05) is 5.38 Å². The number of hydrogen-bond donors (Lipinski definition) is 0. The van der Waals surface area contributed by atoms with Crippen molar-refractivity contribution >= 4 is 25.7 Å². The normalized spacial score (nSPS) is 21.6. The molecule has 33 heavy (non-hydrogen) atoms. The lowest BCUT2D eigenvalue weighted by Crippen LogP contribution is -2.44. The zero-order valence-electron chi connectivity index (χ0n) is 22.7. The van der Waals surface area contributed by atoms with Gasteiger partial charge in [-0.05, 0) is 89.1 Å². The zero-order valence-corrected chi connectivity index (χ0v) is 24.5. The van der Waals surface area contributed by atoms with Crippen LogP contribution in [0, 0.1) is 12.8 Å². The van der Waals surface area contributed by atoms with E-state index in [4.69, 9.17) is 13.9 Å². The van der Waals surface area contributed by atoms with E-state index >= 15 is 0 Å². The van der Waals surface area contributed by atoms with Crippen molar-refractivity contribution < 1.29 is 13.9 Å². The van der Waals surface area contributed by atoms with Gasteiger partial charge in [0.25, 0.3) is 0 Å². The minimum absolute atomic E-state index is 0.0920. The van der Waals surface area contributed by atoms with Crippen LogP contribution >= 0.6 is 11.3 Å². The van der Waals surface area contributed by atoms with Gasteiger partial charge in [-0.2, -0.15) is 0 Å². The van der Waals surface area contributed by atoms with E-state index in [1.54, 1.807) is 11.3 Å². The average molecular weight is 494 g/mol. The van der Waals surface area contributed by atoms with Gasteiger partial charge >= 0.3 is 0 Å². The van der Waals surface area contributed by atoms with Gasteiger partial charge in [-0.25, -0.2) is 4.98 Å². The smallest absolute Gasteiger partial charge is 0.192 e. The SMILES string of the molecule is C/C(=C\c1csc(C)n1)[C@H](C/C=C\CCC[C@H](C)[C@@H]1COC(C)(C)O1)O[Si](C)(C)C(C)(C)C. The monoisotopic (exact) mass is 493 g/mol. The van der Waals surface area contributed by atoms with Crippen molar-refractivity contribution in [2.45, 2.75) is 117 Å². The average Bonchev–Trinajstić information content (AvgIpc) is 3.26. The molecule has 0 unspecified atom stereocenters. The Balaban J connectivity index is 1.92. The predicted molar refractivity (Wildman–Crippen MR) is 144 cm³/mol. The van der Waals surface area contributed by atoms with Gasteiger partial charge in [0.1, 0.15) is 0 Å². The largest absolute Gasteiger partial charge is 0.410 e. The molecule has 1 saturated heterocycles. The maximum Gasteiger partial charge on any atom is 0.192 e. The third-order valence-electron chi connectivity index (χ3n) is 6.98. The molecule has 0 bridgehead atoms. The minimum atomic E-state index is -1.88. The molecule has 3 atom stereocenters. The summed E-state index contributed by atoms with van der Waals surface area (Å²) in [5.41, 5.74) is 2.29. The molecule has 1 aromatic rings. The molecular formula is C27H47NO3SSi. The van der Waals surface area contributed by atoms with E-state index < -0.39 is 14.1 Å². The molecule has 1 aromatic heterocycles. The molecule has 0 aromatic carbocycles. The molecule has 0 spiro atoms. The van der Waals surface area contributed by atoms with E-state index in [0.29, 0.717) is 12.5 Å². The summed E-state index contributed by atoms with van der Waals surface area (Å²) < 4.78 is 18.6. The fourth-order valence-corrected chi connectivity index (χ4v) is 5.63. The Kier molecular flexibility index (Phi) is 10.1. The van der Waals surface area contributed by atoms with Crippen molar-refractivity contribution in [2.75, 3.05) is 6.61 Å². The van der Waals surface area contributed by atoms with Crippen LogP contribution in [0.25, 0.3) is 6.08 Å². The van der Waals surface area contributed by atoms with E-state index in [2.05, 4.69) is 83.2 Å². The van der Waals surface area contributed by atoms with Crippen LogP contribution in [0.5, 0.6) is 0 Å². The van der Waals surface area contributed by atoms with Crippen LogP contribution < -0.4 is 0 Å². The Morgan fingerprint density at radius 1 is 1.33 bits per heavy atom. The van der Waals surface area contributed by atoms with Crippen molar-refractivity contribution in [1.82, 2.24) is 4.98 Å². The summed E-state index contributed by atoms with van der Waals surface area (Å²) in [6.07, 6.45) is 11.4. The summed E-state index contributed by atoms with van der Waals surface area (Å²) in [5.74, 6) is 0.0854. The molecular weight excluding hydrogens is 446 g/mol. The molecule has 0 amide bonds. The number of unbranched alkanes of at least 4 members (excludes halogenated alkanes) is 1. The van der Waals surface area contributed by atoms with Crippen molar-refractivity contribution in [3.63, 3.8) is 0 Å². The zero-order chi connectivity index (χ0) is 24.9. The van der Waals surface area contributed by atoms with Crippen molar-refractivity contribution in [2.24, 2.45) is 5.92 Å². The fraction of sp³-hybridized carbons (Fsp3) is 0.741. The highest BCUT2D eigenvalue weighted by Gasteiger charge is 2.39. The molecule has 188 valence electrons. The van der Waals surface area contributed by atoms with Gasteiger partial charge < -0.3 is 13.9 Å². The second-order valence-corrected chi connectivity index (χ2v) is 17.3. The number of hydrogen-bond acceptors (Lipinski definition) is 5. The molecule has 0 saturated carbocycles. The molecule has 1 aliphatic heterocycles. The van der Waals surface area contributed by atoms with Crippen LogP contribution in [0.4, 0.5) is 0 Å². The number of ether oxygens (including phenoxy) is 2. The van der Waals surface area contributed by atoms with E-state index in [9.17, 15) is 0 Å². The maximum atomic E-state index is 6.84. The van der Waals surface area contributed by atoms with E-state index in [0.717, 1.165) is 30.0 Å². The lowest BCUT2D eigenvalue weighted by molar-refractivity contribution is -0.144. The Hall–Kier alpha value is -0.793. The first-order valence-corrected chi connectivity index (χ1v) is 16.2. The quantitative estimate of drug-likeness (QED) is 0.177. The number of aryl methyl sites for hydroxylation is 1. The molecule has 1 fully saturated rings. The summed E-state index contributed by atoms with van der Waals surface area (Å²) in [4.78, 5) is 4.62. The van der Waals surface area contributed by atoms with Crippen molar-refractivity contribution in [3.8, 4) is 0 Å². The Morgan fingerprint density at radius 2 is 2.03 bits per heavy atom. The molecule has 1 aliphatic rings. The standard InChI is InChI=1S/C27H47NO3SSi/c1-20(25-18-29-27(7,8)30-25)15-13-11-12-14-16-24(31-33(9,10)26(4,5)6)21(2)17-23-19-32-22(3)28-23/h12,14,17,19-20,24-25H,11,13,15-16,18H2,1-10H3/b14-12-,21-17+/t20-,24-,25-/m0/s1. The molecule has 6 heteroatoms. The van der Waals surface area contributed by atoms with Crippen molar-refractivity contribution in [3.05, 3.63) is 33.8 Å². The molecule has 0 aliphatic carbocycles. The molecule has 0 N–H and O–H groups in total. The van der Waals surface area contributed by atoms with Crippen LogP contribution in [0.3, 0.4) is 0 Å². The number of allylic oxidation sites excluding steroid dienone is 1. The highest BCUT2D eigenvalue weighted by atomic mass is 32.1. The summed E-state index contributed by atoms with van der Waals surface area (Å²) in [6.45, 7) is 22.8. The summed E-state index contributed by atoms with van der Waals surface area (Å²) in [7, 11) is -1.88. The number of nitrogens with zero attached hydrogens (tertiary/aromatic N) is 1. The van der Waals surface area contributed by atoms with Gasteiger partial charge in [-0.1, -0.05) is 39.8 Å². The lowest BCUT2D eigenvalue weighted by atomic mass is 9.98. The highest BCUT2D eigenvalue weighted by molar-refractivity contribution is 7.09.